The summed E-state index contributed by atoms with van der Waals surface area (Å²) in [6.45, 7) is 12.4. The molecule has 1 saturated heterocycles. The molecule has 0 spiro atoms. The first-order valence-corrected chi connectivity index (χ1v) is 7.36. The third-order valence-corrected chi connectivity index (χ3v) is 2.98. The second-order valence-electron chi connectivity index (χ2n) is 5.77. The van der Waals surface area contributed by atoms with E-state index in [1.54, 1.807) is 0 Å². The molecule has 0 saturated carbocycles. The minimum atomic E-state index is -0.523. The molecule has 1 heterocycles. The fourth-order valence-corrected chi connectivity index (χ4v) is 2.02. The zero-order valence-corrected chi connectivity index (χ0v) is 13.6. The summed E-state index contributed by atoms with van der Waals surface area (Å²) >= 11 is 0. The van der Waals surface area contributed by atoms with Crippen molar-refractivity contribution in [3.05, 3.63) is 0 Å². The van der Waals surface area contributed by atoms with Crippen molar-refractivity contribution in [2.75, 3.05) is 13.2 Å². The summed E-state index contributed by atoms with van der Waals surface area (Å²) in [6.07, 6.45) is 0.810. The maximum Gasteiger partial charge on any atom is 0.408 e. The molecular formula is C15H29NO4. The highest BCUT2D eigenvalue weighted by atomic mass is 16.6. The number of hydrogen-bond acceptors (Lipinski definition) is 4. The van der Waals surface area contributed by atoms with E-state index in [2.05, 4.69) is 5.32 Å². The van der Waals surface area contributed by atoms with Gasteiger partial charge in [-0.15, -0.1) is 0 Å². The molecule has 0 aromatic carbocycles. The highest BCUT2D eigenvalue weighted by Crippen LogP contribution is 2.20. The van der Waals surface area contributed by atoms with Crippen LogP contribution in [0, 0.1) is 5.41 Å². The fraction of sp³-hybridized carbons (Fsp3) is 0.867. The molecule has 1 N–H and O–H groups in total. The Morgan fingerprint density at radius 1 is 1.20 bits per heavy atom. The molecule has 0 aromatic rings. The summed E-state index contributed by atoms with van der Waals surface area (Å²) in [7, 11) is 0. The minimum Gasteiger partial charge on any atom is -0.446 e. The Kier molecular flexibility index (Phi) is 8.46. The zero-order chi connectivity index (χ0) is 15.8. The Bertz CT molecular complexity index is 303. The molecule has 0 aliphatic carbocycles. The molecule has 1 rings (SSSR count). The molecule has 20 heavy (non-hydrogen) atoms. The molecule has 5 nitrogen and oxygen atoms in total. The molecule has 1 atom stereocenters. The predicted molar refractivity (Wildman–Crippen MR) is 78.7 cm³/mol. The molecule has 1 unspecified atom stereocenters. The van der Waals surface area contributed by atoms with Crippen molar-refractivity contribution >= 4 is 11.9 Å². The fourth-order valence-electron chi connectivity index (χ4n) is 2.02. The first-order valence-electron chi connectivity index (χ1n) is 7.36. The van der Waals surface area contributed by atoms with E-state index in [1.807, 2.05) is 34.6 Å². The Hall–Kier alpha value is -1.10. The van der Waals surface area contributed by atoms with Gasteiger partial charge >= 0.3 is 6.09 Å². The van der Waals surface area contributed by atoms with Gasteiger partial charge in [-0.1, -0.05) is 34.6 Å². The number of amides is 1. The van der Waals surface area contributed by atoms with Crippen LogP contribution in [-0.4, -0.2) is 37.2 Å². The van der Waals surface area contributed by atoms with Crippen molar-refractivity contribution in [2.24, 2.45) is 5.41 Å². The van der Waals surface area contributed by atoms with Crippen LogP contribution in [0.3, 0.4) is 0 Å². The Morgan fingerprint density at radius 3 is 2.10 bits per heavy atom. The van der Waals surface area contributed by atoms with Gasteiger partial charge in [0.25, 0.3) is 0 Å². The highest BCUT2D eigenvalue weighted by molar-refractivity contribution is 5.86. The Labute approximate surface area is 122 Å². The van der Waals surface area contributed by atoms with Crippen molar-refractivity contribution in [1.29, 1.82) is 0 Å². The smallest absolute Gasteiger partial charge is 0.408 e. The van der Waals surface area contributed by atoms with Crippen molar-refractivity contribution in [3.8, 4) is 0 Å². The Balaban J connectivity index is 0.00000172. The number of Topliss-reactive ketones (excluding diaryl/α,β-unsaturated/α-hetero) is 1. The number of alkyl carbamates (subject to hydrolysis) is 1. The van der Waals surface area contributed by atoms with Crippen LogP contribution in [0.4, 0.5) is 4.79 Å². The van der Waals surface area contributed by atoms with Crippen molar-refractivity contribution in [1.82, 2.24) is 5.32 Å². The maximum atomic E-state index is 11.7. The van der Waals surface area contributed by atoms with Gasteiger partial charge in [0, 0.05) is 12.8 Å². The Morgan fingerprint density at radius 2 is 1.70 bits per heavy atom. The van der Waals surface area contributed by atoms with Gasteiger partial charge in [0.15, 0.2) is 5.78 Å². The van der Waals surface area contributed by atoms with E-state index in [1.165, 1.54) is 6.92 Å². The monoisotopic (exact) mass is 287 g/mol. The van der Waals surface area contributed by atoms with Gasteiger partial charge < -0.3 is 14.8 Å². The third-order valence-electron chi connectivity index (χ3n) is 2.98. The number of rotatable bonds is 3. The van der Waals surface area contributed by atoms with Gasteiger partial charge in [0.1, 0.15) is 6.10 Å². The summed E-state index contributed by atoms with van der Waals surface area (Å²) < 4.78 is 10.5. The van der Waals surface area contributed by atoms with Gasteiger partial charge in [-0.3, -0.25) is 4.79 Å². The van der Waals surface area contributed by atoms with E-state index in [4.69, 9.17) is 9.47 Å². The largest absolute Gasteiger partial charge is 0.446 e. The standard InChI is InChI=1S/C13H23NO4.C2H6/c1-9(15)11(13(2,3)4)14-12(16)18-10-5-7-17-8-6-10;1-2/h10-11H,5-8H2,1-4H3,(H,14,16);1-2H3. The topological polar surface area (TPSA) is 64.6 Å². The maximum absolute atomic E-state index is 11.7. The molecule has 0 aromatic heterocycles. The van der Waals surface area contributed by atoms with Gasteiger partial charge in [-0.05, 0) is 12.3 Å². The van der Waals surface area contributed by atoms with Crippen LogP contribution in [0.2, 0.25) is 0 Å². The quantitative estimate of drug-likeness (QED) is 0.866. The molecule has 1 aliphatic rings. The molecule has 5 heteroatoms. The zero-order valence-electron chi connectivity index (χ0n) is 13.6. The number of ketones is 1. The number of hydrogen-bond donors (Lipinski definition) is 1. The van der Waals surface area contributed by atoms with Gasteiger partial charge in [0.05, 0.1) is 19.3 Å². The number of carbonyl (C=O) groups excluding carboxylic acids is 2. The van der Waals surface area contributed by atoms with Crippen LogP contribution < -0.4 is 5.32 Å². The molecule has 1 fully saturated rings. The molecule has 0 bridgehead atoms. The lowest BCUT2D eigenvalue weighted by atomic mass is 9.85. The normalized spacial score (nSPS) is 17.5. The highest BCUT2D eigenvalue weighted by Gasteiger charge is 2.31. The summed E-state index contributed by atoms with van der Waals surface area (Å²) in [5.41, 5.74) is -0.319. The average molecular weight is 287 g/mol. The molecule has 0 radical (unpaired) electrons. The van der Waals surface area contributed by atoms with Crippen molar-refractivity contribution in [3.63, 3.8) is 0 Å². The summed E-state index contributed by atoms with van der Waals surface area (Å²) in [6, 6.07) is -0.523. The van der Waals surface area contributed by atoms with Crippen LogP contribution >= 0.6 is 0 Å². The van der Waals surface area contributed by atoms with Crippen LogP contribution in [0.5, 0.6) is 0 Å². The van der Waals surface area contributed by atoms with Crippen LogP contribution in [0.1, 0.15) is 54.4 Å². The first-order chi connectivity index (χ1) is 9.30. The van der Waals surface area contributed by atoms with Crippen LogP contribution in [0.15, 0.2) is 0 Å². The van der Waals surface area contributed by atoms with E-state index in [0.29, 0.717) is 26.1 Å². The molecule has 1 aliphatic heterocycles. The molecular weight excluding hydrogens is 258 g/mol. The van der Waals surface area contributed by atoms with Gasteiger partial charge in [-0.25, -0.2) is 4.79 Å². The van der Waals surface area contributed by atoms with E-state index >= 15 is 0 Å². The summed E-state index contributed by atoms with van der Waals surface area (Å²) in [4.78, 5) is 23.3. The third kappa shape index (κ3) is 6.89. The van der Waals surface area contributed by atoms with E-state index in [9.17, 15) is 9.59 Å². The lowest BCUT2D eigenvalue weighted by molar-refractivity contribution is -0.121. The SMILES string of the molecule is CC.CC(=O)C(NC(=O)OC1CCOCC1)C(C)(C)C. The summed E-state index contributed by atoms with van der Waals surface area (Å²) in [5.74, 6) is -0.0635. The molecule has 118 valence electrons. The molecule has 1 amide bonds. The van der Waals surface area contributed by atoms with Gasteiger partial charge in [-0.2, -0.15) is 0 Å². The van der Waals surface area contributed by atoms with E-state index in [-0.39, 0.29) is 17.3 Å². The van der Waals surface area contributed by atoms with Crippen LogP contribution in [-0.2, 0) is 14.3 Å². The number of carbonyl (C=O) groups is 2. The first kappa shape index (κ1) is 18.9. The average Bonchev–Trinajstić information content (AvgIpc) is 2.38. The van der Waals surface area contributed by atoms with Crippen molar-refractivity contribution in [2.45, 2.75) is 66.5 Å². The lowest BCUT2D eigenvalue weighted by Crippen LogP contribution is -2.49. The van der Waals surface area contributed by atoms with Crippen molar-refractivity contribution < 1.29 is 19.1 Å². The van der Waals surface area contributed by atoms with E-state index < -0.39 is 12.1 Å². The minimum absolute atomic E-state index is 0.0635. The second-order valence-corrected chi connectivity index (χ2v) is 5.77. The predicted octanol–water partition coefficient (Wildman–Crippen LogP) is 2.92. The lowest BCUT2D eigenvalue weighted by Gasteiger charge is -2.30. The van der Waals surface area contributed by atoms with E-state index in [0.717, 1.165) is 0 Å². The summed E-state index contributed by atoms with van der Waals surface area (Å²) in [5, 5.41) is 2.65. The second kappa shape index (κ2) is 8.95. The van der Waals surface area contributed by atoms with Gasteiger partial charge in [0.2, 0.25) is 0 Å². The number of ether oxygens (including phenoxy) is 2. The van der Waals surface area contributed by atoms with Crippen LogP contribution in [0.25, 0.3) is 0 Å². The number of nitrogens with one attached hydrogen (secondary N) is 1.